The van der Waals surface area contributed by atoms with E-state index < -0.39 is 0 Å². The predicted octanol–water partition coefficient (Wildman–Crippen LogP) is 2.90. The number of nitrogens with zero attached hydrogens (tertiary/aromatic N) is 3. The molecule has 0 saturated heterocycles. The van der Waals surface area contributed by atoms with E-state index >= 15 is 0 Å². The van der Waals surface area contributed by atoms with Crippen molar-refractivity contribution in [1.82, 2.24) is 14.5 Å². The second-order valence-electron chi connectivity index (χ2n) is 3.36. The van der Waals surface area contributed by atoms with Crippen LogP contribution in [0, 0.1) is 6.92 Å². The van der Waals surface area contributed by atoms with Gasteiger partial charge >= 0.3 is 0 Å². The lowest BCUT2D eigenvalue weighted by Crippen LogP contribution is -2.03. The van der Waals surface area contributed by atoms with Crippen molar-refractivity contribution in [2.75, 3.05) is 0 Å². The Morgan fingerprint density at radius 2 is 2.20 bits per heavy atom. The Bertz CT molecular complexity index is 476. The minimum absolute atomic E-state index is 0.907. The Hall–Kier alpha value is -1.16. The van der Waals surface area contributed by atoms with Gasteiger partial charge in [0.05, 0.1) is 0 Å². The largest absolute Gasteiger partial charge is 0.288 e. The molecule has 0 N–H and O–H groups in total. The molecule has 0 unspecified atom stereocenters. The summed E-state index contributed by atoms with van der Waals surface area (Å²) in [4.78, 5) is 8.69. The topological polar surface area (TPSA) is 30.7 Å². The summed E-state index contributed by atoms with van der Waals surface area (Å²) >= 11 is 3.41. The van der Waals surface area contributed by atoms with E-state index in [2.05, 4.69) is 38.9 Å². The zero-order valence-corrected chi connectivity index (χ0v) is 10.3. The van der Waals surface area contributed by atoms with Gasteiger partial charge in [-0.3, -0.25) is 4.57 Å². The van der Waals surface area contributed by atoms with Crippen LogP contribution >= 0.6 is 15.9 Å². The molecule has 0 bridgehead atoms. The van der Waals surface area contributed by atoms with Crippen LogP contribution in [0.5, 0.6) is 0 Å². The Kier molecular flexibility index (Phi) is 2.86. The molecule has 2 aromatic heterocycles. The lowest BCUT2D eigenvalue weighted by Gasteiger charge is -2.08. The van der Waals surface area contributed by atoms with Crippen molar-refractivity contribution >= 4 is 15.9 Å². The van der Waals surface area contributed by atoms with E-state index in [1.54, 1.807) is 0 Å². The number of aryl methyl sites for hydroxylation is 2. The van der Waals surface area contributed by atoms with Crippen molar-refractivity contribution in [1.29, 1.82) is 0 Å². The first-order valence-corrected chi connectivity index (χ1v) is 5.66. The number of rotatable bonds is 2. The maximum absolute atomic E-state index is 4.40. The van der Waals surface area contributed by atoms with Crippen LogP contribution in [0.15, 0.2) is 29.1 Å². The maximum atomic E-state index is 4.40. The zero-order valence-electron chi connectivity index (χ0n) is 8.74. The van der Waals surface area contributed by atoms with Crippen LogP contribution in [0.2, 0.25) is 0 Å². The van der Waals surface area contributed by atoms with E-state index in [0.717, 1.165) is 28.1 Å². The molecular weight excluding hydrogens is 254 g/mol. The molecule has 0 aliphatic heterocycles. The first kappa shape index (κ1) is 10.4. The third kappa shape index (κ3) is 1.95. The Balaban J connectivity index is 2.54. The number of hydrogen-bond donors (Lipinski definition) is 0. The second-order valence-corrected chi connectivity index (χ2v) is 4.28. The van der Waals surface area contributed by atoms with E-state index in [0.29, 0.717) is 0 Å². The monoisotopic (exact) mass is 265 g/mol. The highest BCUT2D eigenvalue weighted by Gasteiger charge is 2.07. The third-order valence-electron chi connectivity index (χ3n) is 2.28. The number of imidazole rings is 1. The molecular formula is C11H12BrN3. The Morgan fingerprint density at radius 1 is 1.40 bits per heavy atom. The molecule has 0 aliphatic rings. The van der Waals surface area contributed by atoms with Crippen LogP contribution in [0.25, 0.3) is 5.82 Å². The smallest absolute Gasteiger partial charge is 0.141 e. The minimum atomic E-state index is 0.907. The fourth-order valence-electron chi connectivity index (χ4n) is 1.57. The molecule has 0 spiro atoms. The molecule has 3 nitrogen and oxygen atoms in total. The summed E-state index contributed by atoms with van der Waals surface area (Å²) < 4.78 is 3.03. The standard InChI is InChI=1S/C11H12BrN3/c1-3-10-13-4-5-15(10)11-8(2)6-9(12)7-14-11/h4-7H,3H2,1-2H3. The molecule has 2 aromatic rings. The van der Waals surface area contributed by atoms with Crippen molar-refractivity contribution in [3.63, 3.8) is 0 Å². The maximum Gasteiger partial charge on any atom is 0.141 e. The lowest BCUT2D eigenvalue weighted by atomic mass is 10.3. The molecule has 15 heavy (non-hydrogen) atoms. The van der Waals surface area contributed by atoms with E-state index in [4.69, 9.17) is 0 Å². The second kappa shape index (κ2) is 4.14. The Morgan fingerprint density at radius 3 is 2.87 bits per heavy atom. The molecule has 0 amide bonds. The molecule has 0 radical (unpaired) electrons. The molecule has 0 saturated carbocycles. The van der Waals surface area contributed by atoms with E-state index in [9.17, 15) is 0 Å². The summed E-state index contributed by atoms with van der Waals surface area (Å²) in [5.41, 5.74) is 1.14. The van der Waals surface area contributed by atoms with Gasteiger partial charge in [0.2, 0.25) is 0 Å². The van der Waals surface area contributed by atoms with Crippen molar-refractivity contribution in [3.05, 3.63) is 40.5 Å². The van der Waals surface area contributed by atoms with Crippen molar-refractivity contribution in [2.24, 2.45) is 0 Å². The van der Waals surface area contributed by atoms with E-state index in [-0.39, 0.29) is 0 Å². The van der Waals surface area contributed by atoms with Gasteiger partial charge in [0, 0.05) is 29.5 Å². The van der Waals surface area contributed by atoms with Crippen LogP contribution < -0.4 is 0 Å². The lowest BCUT2D eigenvalue weighted by molar-refractivity contribution is 0.859. The summed E-state index contributed by atoms with van der Waals surface area (Å²) in [6.07, 6.45) is 6.47. The Labute approximate surface area is 97.3 Å². The summed E-state index contributed by atoms with van der Waals surface area (Å²) in [6, 6.07) is 2.06. The average molecular weight is 266 g/mol. The minimum Gasteiger partial charge on any atom is -0.288 e. The van der Waals surface area contributed by atoms with E-state index in [1.165, 1.54) is 0 Å². The number of pyridine rings is 1. The predicted molar refractivity (Wildman–Crippen MR) is 63.2 cm³/mol. The number of halogens is 1. The van der Waals surface area contributed by atoms with Crippen molar-refractivity contribution in [2.45, 2.75) is 20.3 Å². The molecule has 2 heterocycles. The molecule has 2 rings (SSSR count). The van der Waals surface area contributed by atoms with Crippen LogP contribution in [-0.4, -0.2) is 14.5 Å². The number of aromatic nitrogens is 3. The molecule has 0 fully saturated rings. The van der Waals surface area contributed by atoms with Gasteiger partial charge in [0.1, 0.15) is 11.6 Å². The van der Waals surface area contributed by atoms with Crippen LogP contribution in [-0.2, 0) is 6.42 Å². The third-order valence-corrected chi connectivity index (χ3v) is 2.71. The van der Waals surface area contributed by atoms with Gasteiger partial charge in [0.25, 0.3) is 0 Å². The molecule has 0 aliphatic carbocycles. The molecule has 0 aromatic carbocycles. The van der Waals surface area contributed by atoms with Crippen LogP contribution in [0.4, 0.5) is 0 Å². The molecule has 78 valence electrons. The van der Waals surface area contributed by atoms with Gasteiger partial charge in [-0.05, 0) is 34.5 Å². The first-order valence-electron chi connectivity index (χ1n) is 4.87. The summed E-state index contributed by atoms with van der Waals surface area (Å²) in [7, 11) is 0. The SMILES string of the molecule is CCc1nccn1-c1ncc(Br)cc1C. The molecule has 4 heteroatoms. The molecule has 0 atom stereocenters. The van der Waals surface area contributed by atoms with Gasteiger partial charge < -0.3 is 0 Å². The summed E-state index contributed by atoms with van der Waals surface area (Å²) in [5, 5.41) is 0. The fraction of sp³-hybridized carbons (Fsp3) is 0.273. The number of hydrogen-bond acceptors (Lipinski definition) is 2. The highest BCUT2D eigenvalue weighted by Crippen LogP contribution is 2.17. The van der Waals surface area contributed by atoms with Gasteiger partial charge in [-0.25, -0.2) is 9.97 Å². The van der Waals surface area contributed by atoms with Crippen LogP contribution in [0.1, 0.15) is 18.3 Å². The van der Waals surface area contributed by atoms with Gasteiger partial charge in [0.15, 0.2) is 0 Å². The quantitative estimate of drug-likeness (QED) is 0.836. The normalized spacial score (nSPS) is 10.6. The van der Waals surface area contributed by atoms with Gasteiger partial charge in [-0.1, -0.05) is 6.92 Å². The highest BCUT2D eigenvalue weighted by atomic mass is 79.9. The van der Waals surface area contributed by atoms with Crippen molar-refractivity contribution in [3.8, 4) is 5.82 Å². The average Bonchev–Trinajstić information content (AvgIpc) is 2.65. The van der Waals surface area contributed by atoms with Gasteiger partial charge in [-0.15, -0.1) is 0 Å². The summed E-state index contributed by atoms with van der Waals surface area (Å²) in [5.74, 6) is 1.99. The summed E-state index contributed by atoms with van der Waals surface area (Å²) in [6.45, 7) is 4.14. The van der Waals surface area contributed by atoms with Gasteiger partial charge in [-0.2, -0.15) is 0 Å². The van der Waals surface area contributed by atoms with Crippen molar-refractivity contribution < 1.29 is 0 Å². The van der Waals surface area contributed by atoms with E-state index in [1.807, 2.05) is 30.1 Å². The highest BCUT2D eigenvalue weighted by molar-refractivity contribution is 9.10. The van der Waals surface area contributed by atoms with Crippen LogP contribution in [0.3, 0.4) is 0 Å². The first-order chi connectivity index (χ1) is 7.22. The zero-order chi connectivity index (χ0) is 10.8. The fourth-order valence-corrected chi connectivity index (χ4v) is 2.02.